The van der Waals surface area contributed by atoms with Crippen molar-refractivity contribution in [3.63, 3.8) is 0 Å². The van der Waals surface area contributed by atoms with Crippen molar-refractivity contribution in [2.45, 2.75) is 32.9 Å². The molecule has 0 saturated carbocycles. The molecule has 3 amide bonds. The number of para-hydroxylation sites is 1. The Bertz CT molecular complexity index is 929. The molecule has 0 radical (unpaired) electrons. The summed E-state index contributed by atoms with van der Waals surface area (Å²) in [6.07, 6.45) is 2.21. The number of rotatable bonds is 6. The number of aromatic nitrogens is 1. The van der Waals surface area contributed by atoms with Crippen LogP contribution in [0.2, 0.25) is 0 Å². The number of fused-ring (bicyclic) bond motifs is 1. The van der Waals surface area contributed by atoms with Gasteiger partial charge in [-0.2, -0.15) is 0 Å². The van der Waals surface area contributed by atoms with Gasteiger partial charge in [0.2, 0.25) is 5.91 Å². The van der Waals surface area contributed by atoms with Gasteiger partial charge in [-0.15, -0.1) is 0 Å². The van der Waals surface area contributed by atoms with Crippen molar-refractivity contribution in [2.24, 2.45) is 0 Å². The Morgan fingerprint density at radius 3 is 2.52 bits per heavy atom. The van der Waals surface area contributed by atoms with Gasteiger partial charge in [0, 0.05) is 35.4 Å². The van der Waals surface area contributed by atoms with Gasteiger partial charge in [-0.05, 0) is 43.2 Å². The lowest BCUT2D eigenvalue weighted by molar-refractivity contribution is -0.120. The van der Waals surface area contributed by atoms with Crippen LogP contribution in [0.3, 0.4) is 0 Å². The molecule has 0 aliphatic rings. The normalized spacial score (nSPS) is 10.8. The molecule has 0 spiro atoms. The Kier molecular flexibility index (Phi) is 5.76. The second-order valence-corrected chi connectivity index (χ2v) is 6.76. The third kappa shape index (κ3) is 5.10. The second-order valence-electron chi connectivity index (χ2n) is 6.76. The molecular formula is C21H24N4O2. The first-order valence-corrected chi connectivity index (χ1v) is 8.99. The first-order valence-electron chi connectivity index (χ1n) is 8.99. The fourth-order valence-electron chi connectivity index (χ4n) is 2.85. The van der Waals surface area contributed by atoms with Crippen molar-refractivity contribution in [1.82, 2.24) is 15.6 Å². The highest BCUT2D eigenvalue weighted by molar-refractivity contribution is 5.90. The van der Waals surface area contributed by atoms with E-state index in [2.05, 4.69) is 20.9 Å². The standard InChI is InChI=1S/C21H24N4O2/c1-14(2)24-21(27)25-17-9-7-15(8-10-17)12-23-20(26)11-16-13-22-19-6-4-3-5-18(16)19/h3-10,13-14,22H,11-12H2,1-2H3,(H,23,26)(H2,24,25,27). The molecule has 3 rings (SSSR count). The van der Waals surface area contributed by atoms with Crippen molar-refractivity contribution in [1.29, 1.82) is 0 Å². The zero-order chi connectivity index (χ0) is 19.2. The molecule has 0 atom stereocenters. The van der Waals surface area contributed by atoms with Crippen molar-refractivity contribution >= 4 is 28.5 Å². The summed E-state index contributed by atoms with van der Waals surface area (Å²) in [4.78, 5) is 27.1. The predicted molar refractivity (Wildman–Crippen MR) is 108 cm³/mol. The minimum atomic E-state index is -0.232. The van der Waals surface area contributed by atoms with Crippen LogP contribution in [0.25, 0.3) is 10.9 Å². The Labute approximate surface area is 158 Å². The van der Waals surface area contributed by atoms with E-state index in [4.69, 9.17) is 0 Å². The second kappa shape index (κ2) is 8.40. The Morgan fingerprint density at radius 2 is 1.78 bits per heavy atom. The van der Waals surface area contributed by atoms with Crippen molar-refractivity contribution in [3.8, 4) is 0 Å². The van der Waals surface area contributed by atoms with E-state index in [0.717, 1.165) is 22.0 Å². The molecule has 0 aliphatic carbocycles. The number of hydrogen-bond acceptors (Lipinski definition) is 2. The molecule has 27 heavy (non-hydrogen) atoms. The summed E-state index contributed by atoms with van der Waals surface area (Å²) in [5.41, 5.74) is 3.70. The van der Waals surface area contributed by atoms with E-state index in [0.29, 0.717) is 18.7 Å². The van der Waals surface area contributed by atoms with Gasteiger partial charge >= 0.3 is 6.03 Å². The summed E-state index contributed by atoms with van der Waals surface area (Å²) in [6.45, 7) is 4.25. The van der Waals surface area contributed by atoms with Crippen molar-refractivity contribution < 1.29 is 9.59 Å². The topological polar surface area (TPSA) is 86.0 Å². The van der Waals surface area contributed by atoms with Crippen LogP contribution in [0.1, 0.15) is 25.0 Å². The van der Waals surface area contributed by atoms with Crippen LogP contribution in [-0.2, 0) is 17.8 Å². The molecular weight excluding hydrogens is 340 g/mol. The SMILES string of the molecule is CC(C)NC(=O)Nc1ccc(CNC(=O)Cc2c[nH]c3ccccc23)cc1. The lowest BCUT2D eigenvalue weighted by Gasteiger charge is -2.11. The number of aromatic amines is 1. The summed E-state index contributed by atoms with van der Waals surface area (Å²) in [6, 6.07) is 15.2. The summed E-state index contributed by atoms with van der Waals surface area (Å²) >= 11 is 0. The maximum absolute atomic E-state index is 12.3. The van der Waals surface area contributed by atoms with Gasteiger partial charge in [0.1, 0.15) is 0 Å². The number of carbonyl (C=O) groups is 2. The monoisotopic (exact) mass is 364 g/mol. The van der Waals surface area contributed by atoms with E-state index in [9.17, 15) is 9.59 Å². The van der Waals surface area contributed by atoms with Crippen LogP contribution in [0.15, 0.2) is 54.7 Å². The minimum Gasteiger partial charge on any atom is -0.361 e. The molecule has 0 fully saturated rings. The number of hydrogen-bond donors (Lipinski definition) is 4. The summed E-state index contributed by atoms with van der Waals surface area (Å²) in [5.74, 6) is -0.0294. The van der Waals surface area contributed by atoms with Crippen LogP contribution in [0.4, 0.5) is 10.5 Å². The molecule has 1 heterocycles. The maximum Gasteiger partial charge on any atom is 0.319 e. The molecule has 6 nitrogen and oxygen atoms in total. The van der Waals surface area contributed by atoms with E-state index < -0.39 is 0 Å². The maximum atomic E-state index is 12.3. The van der Waals surface area contributed by atoms with Crippen LogP contribution >= 0.6 is 0 Å². The fourth-order valence-corrected chi connectivity index (χ4v) is 2.85. The first kappa shape index (κ1) is 18.5. The van der Waals surface area contributed by atoms with E-state index in [1.54, 1.807) is 0 Å². The van der Waals surface area contributed by atoms with Crippen LogP contribution in [0.5, 0.6) is 0 Å². The zero-order valence-corrected chi connectivity index (χ0v) is 15.5. The smallest absolute Gasteiger partial charge is 0.319 e. The average Bonchev–Trinajstić information content (AvgIpc) is 3.03. The summed E-state index contributed by atoms with van der Waals surface area (Å²) in [7, 11) is 0. The Morgan fingerprint density at radius 1 is 1.04 bits per heavy atom. The van der Waals surface area contributed by atoms with Gasteiger partial charge in [-0.3, -0.25) is 4.79 Å². The molecule has 2 aromatic carbocycles. The minimum absolute atomic E-state index is 0.0294. The van der Waals surface area contributed by atoms with Gasteiger partial charge in [0.15, 0.2) is 0 Å². The molecule has 0 saturated heterocycles. The van der Waals surface area contributed by atoms with Crippen LogP contribution < -0.4 is 16.0 Å². The number of anilines is 1. The number of nitrogens with one attached hydrogen (secondary N) is 4. The molecule has 0 aliphatic heterocycles. The first-order chi connectivity index (χ1) is 13.0. The molecule has 3 aromatic rings. The average molecular weight is 364 g/mol. The Hall–Kier alpha value is -3.28. The molecule has 6 heteroatoms. The van der Waals surface area contributed by atoms with Gasteiger partial charge in [-0.1, -0.05) is 30.3 Å². The fraction of sp³-hybridized carbons (Fsp3) is 0.238. The number of benzene rings is 2. The van der Waals surface area contributed by atoms with E-state index in [1.165, 1.54) is 0 Å². The predicted octanol–water partition coefficient (Wildman–Crippen LogP) is 3.56. The quantitative estimate of drug-likeness (QED) is 0.539. The molecule has 140 valence electrons. The van der Waals surface area contributed by atoms with Crippen LogP contribution in [-0.4, -0.2) is 23.0 Å². The van der Waals surface area contributed by atoms with Gasteiger partial charge < -0.3 is 20.9 Å². The molecule has 0 bridgehead atoms. The number of urea groups is 1. The lowest BCUT2D eigenvalue weighted by Crippen LogP contribution is -2.34. The van der Waals surface area contributed by atoms with Crippen molar-refractivity contribution in [2.75, 3.05) is 5.32 Å². The Balaban J connectivity index is 1.51. The van der Waals surface area contributed by atoms with Crippen LogP contribution in [0, 0.1) is 0 Å². The number of H-pyrrole nitrogens is 1. The summed E-state index contributed by atoms with van der Waals surface area (Å²) in [5, 5.41) is 9.55. The van der Waals surface area contributed by atoms with Gasteiger partial charge in [0.25, 0.3) is 0 Å². The lowest BCUT2D eigenvalue weighted by atomic mass is 10.1. The third-order valence-electron chi connectivity index (χ3n) is 4.15. The van der Waals surface area contributed by atoms with E-state index in [-0.39, 0.29) is 18.0 Å². The van der Waals surface area contributed by atoms with Crippen molar-refractivity contribution in [3.05, 3.63) is 65.9 Å². The highest BCUT2D eigenvalue weighted by Crippen LogP contribution is 2.18. The highest BCUT2D eigenvalue weighted by atomic mass is 16.2. The van der Waals surface area contributed by atoms with Gasteiger partial charge in [-0.25, -0.2) is 4.79 Å². The highest BCUT2D eigenvalue weighted by Gasteiger charge is 2.08. The largest absolute Gasteiger partial charge is 0.361 e. The van der Waals surface area contributed by atoms with Gasteiger partial charge in [0.05, 0.1) is 6.42 Å². The molecule has 0 unspecified atom stereocenters. The zero-order valence-electron chi connectivity index (χ0n) is 15.5. The van der Waals surface area contributed by atoms with E-state index in [1.807, 2.05) is 68.6 Å². The molecule has 1 aromatic heterocycles. The number of carbonyl (C=O) groups excluding carboxylic acids is 2. The molecule has 4 N–H and O–H groups in total. The van der Waals surface area contributed by atoms with E-state index >= 15 is 0 Å². The summed E-state index contributed by atoms with van der Waals surface area (Å²) < 4.78 is 0. The number of amides is 3. The third-order valence-corrected chi connectivity index (χ3v) is 4.15.